The minimum absolute atomic E-state index is 0.0658. The average molecular weight is 723 g/mol. The minimum atomic E-state index is -0.759. The van der Waals surface area contributed by atoms with Crippen molar-refractivity contribution in [1.82, 2.24) is 0 Å². The fourth-order valence-corrected chi connectivity index (χ4v) is 6.54. The second-order valence-electron chi connectivity index (χ2n) is 16.1. The number of esters is 3. The first-order valence-corrected chi connectivity index (χ1v) is 22.3. The van der Waals surface area contributed by atoms with Gasteiger partial charge in [-0.25, -0.2) is 0 Å². The van der Waals surface area contributed by atoms with E-state index in [0.717, 1.165) is 69.6 Å². The Morgan fingerprint density at radius 2 is 0.745 bits per heavy atom. The monoisotopic (exact) mass is 723 g/mol. The summed E-state index contributed by atoms with van der Waals surface area (Å²) in [7, 11) is 0. The largest absolute Gasteiger partial charge is 0.462 e. The van der Waals surface area contributed by atoms with E-state index in [-0.39, 0.29) is 31.1 Å². The van der Waals surface area contributed by atoms with E-state index >= 15 is 0 Å². The molecule has 51 heavy (non-hydrogen) atoms. The number of carbonyl (C=O) groups excluding carboxylic acids is 3. The van der Waals surface area contributed by atoms with E-state index in [1.807, 2.05) is 0 Å². The van der Waals surface area contributed by atoms with Gasteiger partial charge in [0.1, 0.15) is 13.2 Å². The molecule has 6 heteroatoms. The number of hydrogen-bond donors (Lipinski definition) is 0. The van der Waals surface area contributed by atoms with Gasteiger partial charge >= 0.3 is 17.9 Å². The van der Waals surface area contributed by atoms with E-state index in [9.17, 15) is 14.4 Å². The summed E-state index contributed by atoms with van der Waals surface area (Å²) in [5, 5.41) is 0. The molecule has 0 aliphatic rings. The second kappa shape index (κ2) is 38.1. The van der Waals surface area contributed by atoms with Gasteiger partial charge in [-0.15, -0.1) is 0 Å². The molecule has 0 radical (unpaired) electrons. The molecule has 0 spiro atoms. The number of carbonyl (C=O) groups is 3. The molecular weight excluding hydrogens is 636 g/mol. The Labute approximate surface area is 317 Å². The Balaban J connectivity index is 4.26. The van der Waals surface area contributed by atoms with Crippen LogP contribution in [0.1, 0.15) is 240 Å². The standard InChI is InChI=1S/C45H86O6/c1-6-8-9-10-18-27-32-37-45(48)51-42(39-50-44(47)36-31-26-22-17-13-14-19-23-28-33-40(3)4)38-49-43(46)35-30-25-21-16-12-11-15-20-24-29-34-41(5)7-2/h40-42H,6-39H2,1-5H3/t41?,42-/m0/s1. The quantitative estimate of drug-likeness (QED) is 0.0357. The molecule has 0 saturated carbocycles. The van der Waals surface area contributed by atoms with Crippen LogP contribution in [0.15, 0.2) is 0 Å². The minimum Gasteiger partial charge on any atom is -0.462 e. The van der Waals surface area contributed by atoms with Crippen molar-refractivity contribution in [3.8, 4) is 0 Å². The summed E-state index contributed by atoms with van der Waals surface area (Å²) in [6.45, 7) is 11.3. The Kier molecular flexibility index (Phi) is 37.0. The molecule has 0 fully saturated rings. The summed E-state index contributed by atoms with van der Waals surface area (Å²) in [6.07, 6.45) is 35.2. The highest BCUT2D eigenvalue weighted by Crippen LogP contribution is 2.17. The van der Waals surface area contributed by atoms with Gasteiger partial charge in [-0.1, -0.05) is 202 Å². The molecule has 0 N–H and O–H groups in total. The summed E-state index contributed by atoms with van der Waals surface area (Å²) in [5.74, 6) is 0.812. The number of rotatable bonds is 39. The molecule has 0 aromatic heterocycles. The predicted molar refractivity (Wildman–Crippen MR) is 215 cm³/mol. The van der Waals surface area contributed by atoms with Gasteiger partial charge in [-0.3, -0.25) is 14.4 Å². The van der Waals surface area contributed by atoms with Crippen molar-refractivity contribution in [3.63, 3.8) is 0 Å². The highest BCUT2D eigenvalue weighted by atomic mass is 16.6. The van der Waals surface area contributed by atoms with Crippen molar-refractivity contribution in [2.24, 2.45) is 11.8 Å². The molecule has 0 bridgehead atoms. The molecule has 0 aromatic rings. The van der Waals surface area contributed by atoms with Crippen LogP contribution in [0, 0.1) is 11.8 Å². The van der Waals surface area contributed by atoms with E-state index in [2.05, 4.69) is 34.6 Å². The Hall–Kier alpha value is -1.59. The van der Waals surface area contributed by atoms with Gasteiger partial charge in [0.15, 0.2) is 6.10 Å². The van der Waals surface area contributed by atoms with Crippen LogP contribution in [0.4, 0.5) is 0 Å². The molecule has 1 unspecified atom stereocenters. The lowest BCUT2D eigenvalue weighted by Gasteiger charge is -2.18. The zero-order valence-corrected chi connectivity index (χ0v) is 34.7. The maximum atomic E-state index is 12.6. The Morgan fingerprint density at radius 3 is 1.12 bits per heavy atom. The Bertz CT molecular complexity index is 781. The molecule has 302 valence electrons. The Morgan fingerprint density at radius 1 is 0.412 bits per heavy atom. The molecule has 0 rings (SSSR count). The first-order chi connectivity index (χ1) is 24.8. The molecular formula is C45H86O6. The summed E-state index contributed by atoms with van der Waals surface area (Å²) in [4.78, 5) is 37.5. The lowest BCUT2D eigenvalue weighted by molar-refractivity contribution is -0.167. The molecule has 0 saturated heterocycles. The van der Waals surface area contributed by atoms with Gasteiger partial charge in [0.05, 0.1) is 0 Å². The van der Waals surface area contributed by atoms with Crippen molar-refractivity contribution in [1.29, 1.82) is 0 Å². The fourth-order valence-electron chi connectivity index (χ4n) is 6.54. The van der Waals surface area contributed by atoms with Crippen LogP contribution in [0.25, 0.3) is 0 Å². The lowest BCUT2D eigenvalue weighted by atomic mass is 9.99. The number of ether oxygens (including phenoxy) is 3. The third-order valence-corrected chi connectivity index (χ3v) is 10.3. The molecule has 0 aliphatic heterocycles. The molecule has 0 amide bonds. The molecule has 0 aliphatic carbocycles. The van der Waals surface area contributed by atoms with Crippen molar-refractivity contribution in [3.05, 3.63) is 0 Å². The zero-order chi connectivity index (χ0) is 37.6. The van der Waals surface area contributed by atoms with Gasteiger partial charge in [-0.2, -0.15) is 0 Å². The number of hydrogen-bond acceptors (Lipinski definition) is 6. The predicted octanol–water partition coefficient (Wildman–Crippen LogP) is 13.8. The summed E-state index contributed by atoms with van der Waals surface area (Å²) in [6, 6.07) is 0. The van der Waals surface area contributed by atoms with Crippen molar-refractivity contribution in [2.75, 3.05) is 13.2 Å². The van der Waals surface area contributed by atoms with Gasteiger partial charge in [0, 0.05) is 19.3 Å². The third-order valence-electron chi connectivity index (χ3n) is 10.3. The van der Waals surface area contributed by atoms with E-state index in [4.69, 9.17) is 14.2 Å². The van der Waals surface area contributed by atoms with Crippen LogP contribution in [0.5, 0.6) is 0 Å². The van der Waals surface area contributed by atoms with Crippen LogP contribution < -0.4 is 0 Å². The van der Waals surface area contributed by atoms with Crippen LogP contribution in [-0.4, -0.2) is 37.2 Å². The van der Waals surface area contributed by atoms with Crippen LogP contribution >= 0.6 is 0 Å². The van der Waals surface area contributed by atoms with Crippen molar-refractivity contribution >= 4 is 17.9 Å². The van der Waals surface area contributed by atoms with E-state index in [0.29, 0.717) is 19.3 Å². The van der Waals surface area contributed by atoms with E-state index in [1.165, 1.54) is 128 Å². The molecule has 6 nitrogen and oxygen atoms in total. The van der Waals surface area contributed by atoms with Gasteiger partial charge in [0.2, 0.25) is 0 Å². The number of unbranched alkanes of at least 4 members (excludes halogenated alkanes) is 23. The van der Waals surface area contributed by atoms with E-state index in [1.54, 1.807) is 0 Å². The van der Waals surface area contributed by atoms with Crippen LogP contribution in [-0.2, 0) is 28.6 Å². The topological polar surface area (TPSA) is 78.9 Å². The first-order valence-electron chi connectivity index (χ1n) is 22.3. The molecule has 0 heterocycles. The molecule has 2 atom stereocenters. The smallest absolute Gasteiger partial charge is 0.306 e. The van der Waals surface area contributed by atoms with Gasteiger partial charge in [0.25, 0.3) is 0 Å². The second-order valence-corrected chi connectivity index (χ2v) is 16.1. The SMILES string of the molecule is CCCCCCCCCC(=O)O[C@@H](COC(=O)CCCCCCCCCCCCC(C)CC)COC(=O)CCCCCCCCCCCC(C)C. The highest BCUT2D eigenvalue weighted by Gasteiger charge is 2.19. The lowest BCUT2D eigenvalue weighted by Crippen LogP contribution is -2.30. The summed E-state index contributed by atoms with van der Waals surface area (Å²) < 4.78 is 16.6. The zero-order valence-electron chi connectivity index (χ0n) is 34.7. The average Bonchev–Trinajstić information content (AvgIpc) is 3.11. The maximum Gasteiger partial charge on any atom is 0.306 e. The van der Waals surface area contributed by atoms with Crippen molar-refractivity contribution < 1.29 is 28.6 Å². The fraction of sp³-hybridized carbons (Fsp3) is 0.933. The maximum absolute atomic E-state index is 12.6. The highest BCUT2D eigenvalue weighted by molar-refractivity contribution is 5.71. The van der Waals surface area contributed by atoms with Crippen molar-refractivity contribution in [2.45, 2.75) is 246 Å². The van der Waals surface area contributed by atoms with Gasteiger partial charge < -0.3 is 14.2 Å². The normalized spacial score (nSPS) is 12.6. The van der Waals surface area contributed by atoms with Crippen LogP contribution in [0.3, 0.4) is 0 Å². The third kappa shape index (κ3) is 38.0. The van der Waals surface area contributed by atoms with E-state index < -0.39 is 6.10 Å². The first kappa shape index (κ1) is 49.4. The molecule has 0 aromatic carbocycles. The van der Waals surface area contributed by atoms with Crippen LogP contribution in [0.2, 0.25) is 0 Å². The summed E-state index contributed by atoms with van der Waals surface area (Å²) in [5.41, 5.74) is 0. The van der Waals surface area contributed by atoms with Gasteiger partial charge in [-0.05, 0) is 31.1 Å². The summed E-state index contributed by atoms with van der Waals surface area (Å²) >= 11 is 0.